The molecule has 1 saturated carbocycles. The summed E-state index contributed by atoms with van der Waals surface area (Å²) in [6.45, 7) is 2.51. The highest BCUT2D eigenvalue weighted by Crippen LogP contribution is 2.29. The van der Waals surface area contributed by atoms with Gasteiger partial charge in [0.2, 0.25) is 0 Å². The van der Waals surface area contributed by atoms with Crippen LogP contribution < -0.4 is 5.32 Å². The maximum atomic E-state index is 11.8. The van der Waals surface area contributed by atoms with Crippen molar-refractivity contribution >= 4 is 12.1 Å². The molecule has 6 nitrogen and oxygen atoms in total. The Hall–Kier alpha value is -1.30. The lowest BCUT2D eigenvalue weighted by molar-refractivity contribution is -0.147. The summed E-state index contributed by atoms with van der Waals surface area (Å²) < 4.78 is 9.49. The van der Waals surface area contributed by atoms with E-state index in [2.05, 4.69) is 15.0 Å². The first kappa shape index (κ1) is 15.1. The Kier molecular flexibility index (Phi) is 5.23. The lowest BCUT2D eigenvalue weighted by atomic mass is 9.84. The van der Waals surface area contributed by atoms with Gasteiger partial charge >= 0.3 is 12.1 Å². The lowest BCUT2D eigenvalue weighted by Crippen LogP contribution is -2.53. The normalized spacial score (nSPS) is 27.5. The van der Waals surface area contributed by atoms with Gasteiger partial charge in [-0.2, -0.15) is 0 Å². The molecule has 0 aromatic heterocycles. The van der Waals surface area contributed by atoms with Gasteiger partial charge in [0.05, 0.1) is 20.1 Å². The Balaban J connectivity index is 1.93. The fourth-order valence-electron chi connectivity index (χ4n) is 3.05. The van der Waals surface area contributed by atoms with Gasteiger partial charge in [0.1, 0.15) is 0 Å². The molecule has 114 valence electrons. The van der Waals surface area contributed by atoms with E-state index in [-0.39, 0.29) is 17.9 Å². The van der Waals surface area contributed by atoms with Crippen LogP contribution in [0.3, 0.4) is 0 Å². The van der Waals surface area contributed by atoms with Crippen molar-refractivity contribution < 1.29 is 19.1 Å². The number of nitrogens with one attached hydrogen (secondary N) is 1. The smallest absolute Gasteiger partial charge is 0.407 e. The zero-order valence-corrected chi connectivity index (χ0v) is 12.3. The average Bonchev–Trinajstić information content (AvgIpc) is 2.41. The Morgan fingerprint density at radius 1 is 1.20 bits per heavy atom. The van der Waals surface area contributed by atoms with Crippen LogP contribution in [0.1, 0.15) is 25.7 Å². The molecule has 1 N–H and O–H groups in total. The van der Waals surface area contributed by atoms with Crippen molar-refractivity contribution in [2.24, 2.45) is 11.8 Å². The molecule has 2 unspecified atom stereocenters. The van der Waals surface area contributed by atoms with Crippen molar-refractivity contribution in [1.82, 2.24) is 10.2 Å². The molecule has 0 spiro atoms. The summed E-state index contributed by atoms with van der Waals surface area (Å²) in [5.74, 6) is 0.376. The molecule has 2 fully saturated rings. The van der Waals surface area contributed by atoms with E-state index >= 15 is 0 Å². The van der Waals surface area contributed by atoms with Crippen molar-refractivity contribution in [1.29, 1.82) is 0 Å². The van der Waals surface area contributed by atoms with Crippen LogP contribution in [-0.2, 0) is 14.3 Å². The zero-order valence-electron chi connectivity index (χ0n) is 12.3. The van der Waals surface area contributed by atoms with E-state index in [4.69, 9.17) is 4.74 Å². The Morgan fingerprint density at radius 2 is 1.95 bits per heavy atom. The zero-order chi connectivity index (χ0) is 14.5. The second-order valence-corrected chi connectivity index (χ2v) is 5.80. The largest absolute Gasteiger partial charge is 0.469 e. The van der Waals surface area contributed by atoms with Crippen LogP contribution in [0, 0.1) is 11.8 Å². The van der Waals surface area contributed by atoms with Crippen molar-refractivity contribution in [3.05, 3.63) is 0 Å². The van der Waals surface area contributed by atoms with Gasteiger partial charge in [0.15, 0.2) is 0 Å². The highest BCUT2D eigenvalue weighted by molar-refractivity contribution is 5.73. The summed E-state index contributed by atoms with van der Waals surface area (Å²) in [6.07, 6.45) is 4.03. The predicted molar refractivity (Wildman–Crippen MR) is 73.2 cm³/mol. The number of rotatable bonds is 4. The lowest BCUT2D eigenvalue weighted by Gasteiger charge is -2.40. The van der Waals surface area contributed by atoms with E-state index in [9.17, 15) is 9.59 Å². The first-order valence-corrected chi connectivity index (χ1v) is 7.27. The van der Waals surface area contributed by atoms with Crippen molar-refractivity contribution in [3.63, 3.8) is 0 Å². The van der Waals surface area contributed by atoms with E-state index < -0.39 is 6.09 Å². The number of hydrogen-bond acceptors (Lipinski definition) is 5. The third-order valence-electron chi connectivity index (χ3n) is 4.31. The minimum atomic E-state index is -0.441. The van der Waals surface area contributed by atoms with Gasteiger partial charge in [-0.1, -0.05) is 6.42 Å². The number of amides is 1. The van der Waals surface area contributed by atoms with E-state index in [0.717, 1.165) is 25.6 Å². The number of alkyl carbamates (subject to hydrolysis) is 1. The molecular formula is C14H24N2O4. The molecule has 0 aromatic carbocycles. The third-order valence-corrected chi connectivity index (χ3v) is 4.31. The molecule has 0 aromatic rings. The molecule has 0 bridgehead atoms. The number of hydrogen-bond donors (Lipinski definition) is 1. The molecule has 1 amide bonds. The van der Waals surface area contributed by atoms with Gasteiger partial charge < -0.3 is 19.7 Å². The number of nitrogens with zero attached hydrogens (tertiary/aromatic N) is 1. The second kappa shape index (κ2) is 6.92. The standard InChI is InChI=1S/C14H24N2O4/c1-19-13(17)11-6-12(15-14(18)20-2)9-16(8-11)7-10-4-3-5-10/h10-12H,3-9H2,1-2H3,(H,15,18). The first-order valence-electron chi connectivity index (χ1n) is 7.27. The monoisotopic (exact) mass is 284 g/mol. The van der Waals surface area contributed by atoms with E-state index in [0.29, 0.717) is 6.42 Å². The molecule has 2 aliphatic rings. The summed E-state index contributed by atoms with van der Waals surface area (Å²) in [4.78, 5) is 25.4. The van der Waals surface area contributed by atoms with Gasteiger partial charge in [0.25, 0.3) is 0 Å². The fourth-order valence-corrected chi connectivity index (χ4v) is 3.05. The maximum absolute atomic E-state index is 11.8. The van der Waals surface area contributed by atoms with Gasteiger partial charge in [-0.25, -0.2) is 4.79 Å². The topological polar surface area (TPSA) is 67.9 Å². The molecule has 1 aliphatic carbocycles. The number of carbonyl (C=O) groups excluding carboxylic acids is 2. The van der Waals surface area contributed by atoms with Crippen molar-refractivity contribution in [2.45, 2.75) is 31.7 Å². The molecule has 2 rings (SSSR count). The van der Waals surface area contributed by atoms with Gasteiger partial charge in [-0.15, -0.1) is 0 Å². The number of esters is 1. The summed E-state index contributed by atoms with van der Waals surface area (Å²) in [5, 5.41) is 2.81. The van der Waals surface area contributed by atoms with Crippen LogP contribution in [0.25, 0.3) is 0 Å². The van der Waals surface area contributed by atoms with Crippen LogP contribution in [0.15, 0.2) is 0 Å². The Morgan fingerprint density at radius 3 is 2.50 bits per heavy atom. The molecule has 20 heavy (non-hydrogen) atoms. The number of piperidine rings is 1. The van der Waals surface area contributed by atoms with Gasteiger partial charge in [-0.05, 0) is 25.2 Å². The van der Waals surface area contributed by atoms with Gasteiger partial charge in [-0.3, -0.25) is 4.79 Å². The molecule has 6 heteroatoms. The number of likely N-dealkylation sites (tertiary alicyclic amines) is 1. The minimum absolute atomic E-state index is 0.0552. The summed E-state index contributed by atoms with van der Waals surface area (Å²) in [7, 11) is 2.76. The van der Waals surface area contributed by atoms with Gasteiger partial charge in [0, 0.05) is 25.7 Å². The third kappa shape index (κ3) is 3.85. The SMILES string of the molecule is COC(=O)NC1CC(C(=O)OC)CN(CC2CCC2)C1. The summed E-state index contributed by atoms with van der Waals surface area (Å²) in [6, 6.07) is -0.0552. The second-order valence-electron chi connectivity index (χ2n) is 5.80. The van der Waals surface area contributed by atoms with Crippen LogP contribution in [0.2, 0.25) is 0 Å². The highest BCUT2D eigenvalue weighted by atomic mass is 16.5. The molecule has 2 atom stereocenters. The quantitative estimate of drug-likeness (QED) is 0.780. The average molecular weight is 284 g/mol. The summed E-state index contributed by atoms with van der Waals surface area (Å²) >= 11 is 0. The van der Waals surface area contributed by atoms with Crippen LogP contribution in [-0.4, -0.2) is 56.9 Å². The van der Waals surface area contributed by atoms with E-state index in [1.54, 1.807) is 0 Å². The van der Waals surface area contributed by atoms with Crippen molar-refractivity contribution in [2.75, 3.05) is 33.9 Å². The molecular weight excluding hydrogens is 260 g/mol. The van der Waals surface area contributed by atoms with E-state index in [1.165, 1.54) is 33.5 Å². The van der Waals surface area contributed by atoms with Crippen LogP contribution in [0.4, 0.5) is 4.79 Å². The van der Waals surface area contributed by atoms with E-state index in [1.807, 2.05) is 0 Å². The first-order chi connectivity index (χ1) is 9.62. The predicted octanol–water partition coefficient (Wildman–Crippen LogP) is 1.01. The molecule has 1 aliphatic heterocycles. The number of methoxy groups -OCH3 is 2. The van der Waals surface area contributed by atoms with Crippen LogP contribution >= 0.6 is 0 Å². The Labute approximate surface area is 119 Å². The summed E-state index contributed by atoms with van der Waals surface area (Å²) in [5.41, 5.74) is 0. The van der Waals surface area contributed by atoms with Crippen LogP contribution in [0.5, 0.6) is 0 Å². The fraction of sp³-hybridized carbons (Fsp3) is 0.857. The molecule has 0 radical (unpaired) electrons. The number of ether oxygens (including phenoxy) is 2. The maximum Gasteiger partial charge on any atom is 0.407 e. The Bertz CT molecular complexity index is 357. The van der Waals surface area contributed by atoms with Crippen molar-refractivity contribution in [3.8, 4) is 0 Å². The minimum Gasteiger partial charge on any atom is -0.469 e. The molecule has 1 saturated heterocycles. The highest BCUT2D eigenvalue weighted by Gasteiger charge is 2.34. The number of carbonyl (C=O) groups is 2. The molecule has 1 heterocycles.